The van der Waals surface area contributed by atoms with E-state index in [1.807, 2.05) is 6.20 Å². The highest BCUT2D eigenvalue weighted by Crippen LogP contribution is 2.13. The van der Waals surface area contributed by atoms with Crippen LogP contribution in [0.15, 0.2) is 18.3 Å². The normalized spacial score (nSPS) is 10.9. The second kappa shape index (κ2) is 7.28. The molecule has 96 valence electrons. The van der Waals surface area contributed by atoms with E-state index in [9.17, 15) is 0 Å². The second-order valence-corrected chi connectivity index (χ2v) is 4.70. The van der Waals surface area contributed by atoms with Gasteiger partial charge in [-0.25, -0.2) is 0 Å². The van der Waals surface area contributed by atoms with Crippen molar-refractivity contribution in [3.63, 3.8) is 0 Å². The van der Waals surface area contributed by atoms with E-state index in [-0.39, 0.29) is 0 Å². The highest BCUT2D eigenvalue weighted by Gasteiger charge is 2.03. The molecule has 0 aromatic carbocycles. The monoisotopic (exact) mass is 235 g/mol. The Balaban J connectivity index is 2.59. The van der Waals surface area contributed by atoms with Crippen LogP contribution in [0.4, 0.5) is 5.69 Å². The van der Waals surface area contributed by atoms with Gasteiger partial charge in [0.25, 0.3) is 0 Å². The molecule has 3 nitrogen and oxygen atoms in total. The van der Waals surface area contributed by atoms with E-state index in [0.29, 0.717) is 5.92 Å². The first-order valence-electron chi connectivity index (χ1n) is 6.58. The van der Waals surface area contributed by atoms with Crippen LogP contribution >= 0.6 is 0 Å². The summed E-state index contributed by atoms with van der Waals surface area (Å²) in [6.07, 6.45) is 1.90. The van der Waals surface area contributed by atoms with Crippen LogP contribution in [0.3, 0.4) is 0 Å². The predicted molar refractivity (Wildman–Crippen MR) is 74.3 cm³/mol. The zero-order chi connectivity index (χ0) is 12.7. The lowest BCUT2D eigenvalue weighted by molar-refractivity contribution is 0.548. The lowest BCUT2D eigenvalue weighted by Gasteiger charge is -2.21. The van der Waals surface area contributed by atoms with Gasteiger partial charge in [0.2, 0.25) is 0 Å². The maximum Gasteiger partial charge on any atom is 0.0562 e. The van der Waals surface area contributed by atoms with E-state index in [4.69, 9.17) is 0 Å². The summed E-state index contributed by atoms with van der Waals surface area (Å²) in [4.78, 5) is 6.74. The van der Waals surface area contributed by atoms with E-state index in [1.165, 1.54) is 5.69 Å². The summed E-state index contributed by atoms with van der Waals surface area (Å²) >= 11 is 0. The van der Waals surface area contributed by atoms with Crippen molar-refractivity contribution in [1.29, 1.82) is 0 Å². The van der Waals surface area contributed by atoms with Crippen molar-refractivity contribution >= 4 is 5.69 Å². The van der Waals surface area contributed by atoms with Gasteiger partial charge in [0.15, 0.2) is 0 Å². The van der Waals surface area contributed by atoms with Crippen molar-refractivity contribution < 1.29 is 0 Å². The van der Waals surface area contributed by atoms with Crippen LogP contribution in [0.25, 0.3) is 0 Å². The van der Waals surface area contributed by atoms with Crippen molar-refractivity contribution in [2.75, 3.05) is 24.5 Å². The molecule has 17 heavy (non-hydrogen) atoms. The van der Waals surface area contributed by atoms with Gasteiger partial charge in [-0.15, -0.1) is 0 Å². The number of aromatic nitrogens is 1. The molecule has 0 radical (unpaired) electrons. The van der Waals surface area contributed by atoms with Crippen LogP contribution in [-0.2, 0) is 6.54 Å². The zero-order valence-electron chi connectivity index (χ0n) is 11.5. The lowest BCUT2D eigenvalue weighted by Crippen LogP contribution is -2.23. The van der Waals surface area contributed by atoms with Crippen LogP contribution in [0, 0.1) is 5.92 Å². The minimum atomic E-state index is 0.681. The first-order valence-corrected chi connectivity index (χ1v) is 6.58. The molecule has 0 saturated carbocycles. The minimum absolute atomic E-state index is 0.681. The highest BCUT2D eigenvalue weighted by molar-refractivity contribution is 5.46. The molecule has 1 aromatic rings. The first-order chi connectivity index (χ1) is 8.17. The number of pyridine rings is 1. The Morgan fingerprint density at radius 2 is 2.00 bits per heavy atom. The highest BCUT2D eigenvalue weighted by atomic mass is 15.1. The van der Waals surface area contributed by atoms with Gasteiger partial charge in [-0.05, 0) is 38.4 Å². The molecule has 0 aliphatic carbocycles. The van der Waals surface area contributed by atoms with Crippen molar-refractivity contribution in [3.8, 4) is 0 Å². The smallest absolute Gasteiger partial charge is 0.0562 e. The van der Waals surface area contributed by atoms with Crippen molar-refractivity contribution in [2.24, 2.45) is 5.92 Å². The Morgan fingerprint density at radius 1 is 1.29 bits per heavy atom. The summed E-state index contributed by atoms with van der Waals surface area (Å²) in [7, 11) is 0. The molecule has 0 fully saturated rings. The number of anilines is 1. The minimum Gasteiger partial charge on any atom is -0.372 e. The molecule has 0 amide bonds. The van der Waals surface area contributed by atoms with Gasteiger partial charge in [-0.1, -0.05) is 13.8 Å². The fourth-order valence-corrected chi connectivity index (χ4v) is 1.84. The number of rotatable bonds is 7. The van der Waals surface area contributed by atoms with Gasteiger partial charge < -0.3 is 10.2 Å². The van der Waals surface area contributed by atoms with Crippen LogP contribution in [0.5, 0.6) is 0 Å². The Morgan fingerprint density at radius 3 is 2.59 bits per heavy atom. The SMILES string of the molecule is CCN(CC)c1ccnc(CNCC(C)C)c1. The van der Waals surface area contributed by atoms with Crippen LogP contribution in [0.1, 0.15) is 33.4 Å². The van der Waals surface area contributed by atoms with Crippen molar-refractivity contribution in [3.05, 3.63) is 24.0 Å². The number of hydrogen-bond acceptors (Lipinski definition) is 3. The standard InChI is InChI=1S/C14H25N3/c1-5-17(6-2)14-7-8-16-13(9-14)11-15-10-12(3)4/h7-9,12,15H,5-6,10-11H2,1-4H3. The first kappa shape index (κ1) is 14.0. The van der Waals surface area contributed by atoms with Crippen LogP contribution in [-0.4, -0.2) is 24.6 Å². The predicted octanol–water partition coefficient (Wildman–Crippen LogP) is 2.67. The maximum absolute atomic E-state index is 4.40. The summed E-state index contributed by atoms with van der Waals surface area (Å²) in [6, 6.07) is 4.26. The molecule has 3 heteroatoms. The van der Waals surface area contributed by atoms with Gasteiger partial charge in [0.1, 0.15) is 0 Å². The third kappa shape index (κ3) is 4.73. The molecule has 1 N–H and O–H groups in total. The molecule has 1 rings (SSSR count). The van der Waals surface area contributed by atoms with E-state index in [1.54, 1.807) is 0 Å². The molecule has 0 spiro atoms. The van der Waals surface area contributed by atoms with E-state index >= 15 is 0 Å². The fraction of sp³-hybridized carbons (Fsp3) is 0.643. The maximum atomic E-state index is 4.40. The quantitative estimate of drug-likeness (QED) is 0.787. The molecular weight excluding hydrogens is 210 g/mol. The molecular formula is C14H25N3. The summed E-state index contributed by atoms with van der Waals surface area (Å²) in [5.41, 5.74) is 2.39. The Kier molecular flexibility index (Phi) is 5.98. The number of hydrogen-bond donors (Lipinski definition) is 1. The Hall–Kier alpha value is -1.09. The summed E-state index contributed by atoms with van der Waals surface area (Å²) in [6.45, 7) is 12.8. The molecule has 0 atom stereocenters. The molecule has 1 heterocycles. The van der Waals surface area contributed by atoms with E-state index in [0.717, 1.165) is 31.9 Å². The van der Waals surface area contributed by atoms with Crippen LogP contribution in [0.2, 0.25) is 0 Å². The topological polar surface area (TPSA) is 28.2 Å². The van der Waals surface area contributed by atoms with Gasteiger partial charge in [0, 0.05) is 31.5 Å². The Bertz CT molecular complexity index is 319. The molecule has 0 aliphatic rings. The number of nitrogens with one attached hydrogen (secondary N) is 1. The van der Waals surface area contributed by atoms with E-state index < -0.39 is 0 Å². The van der Waals surface area contributed by atoms with Crippen LogP contribution < -0.4 is 10.2 Å². The number of nitrogens with zero attached hydrogens (tertiary/aromatic N) is 2. The average molecular weight is 235 g/mol. The lowest BCUT2D eigenvalue weighted by atomic mass is 10.2. The third-order valence-corrected chi connectivity index (χ3v) is 2.79. The fourth-order valence-electron chi connectivity index (χ4n) is 1.84. The summed E-state index contributed by atoms with van der Waals surface area (Å²) in [5, 5.41) is 3.42. The summed E-state index contributed by atoms with van der Waals surface area (Å²) < 4.78 is 0. The second-order valence-electron chi connectivity index (χ2n) is 4.70. The van der Waals surface area contributed by atoms with Gasteiger partial charge in [-0.3, -0.25) is 4.98 Å². The largest absolute Gasteiger partial charge is 0.372 e. The van der Waals surface area contributed by atoms with Gasteiger partial charge in [0.05, 0.1) is 5.69 Å². The van der Waals surface area contributed by atoms with Gasteiger partial charge >= 0.3 is 0 Å². The molecule has 0 saturated heterocycles. The molecule has 0 bridgehead atoms. The summed E-state index contributed by atoms with van der Waals surface area (Å²) in [5.74, 6) is 0.681. The molecule has 0 aliphatic heterocycles. The zero-order valence-corrected chi connectivity index (χ0v) is 11.5. The van der Waals surface area contributed by atoms with Crippen molar-refractivity contribution in [1.82, 2.24) is 10.3 Å². The van der Waals surface area contributed by atoms with E-state index in [2.05, 4.69) is 55.0 Å². The van der Waals surface area contributed by atoms with Gasteiger partial charge in [-0.2, -0.15) is 0 Å². The molecule has 0 unspecified atom stereocenters. The van der Waals surface area contributed by atoms with Crippen molar-refractivity contribution in [2.45, 2.75) is 34.2 Å². The molecule has 1 aromatic heterocycles. The Labute approximate surface area is 105 Å². The third-order valence-electron chi connectivity index (χ3n) is 2.79. The average Bonchev–Trinajstić information content (AvgIpc) is 2.31.